The van der Waals surface area contributed by atoms with Crippen molar-refractivity contribution in [3.05, 3.63) is 70.0 Å². The fourth-order valence-corrected chi connectivity index (χ4v) is 4.25. The minimum Gasteiger partial charge on any atom is -0.493 e. The Morgan fingerprint density at radius 3 is 2.71 bits per heavy atom. The number of nitrogens with zero attached hydrogens (tertiary/aromatic N) is 2. The number of carboxylic acids is 1. The molecule has 1 aromatic carbocycles. The number of aryl methyl sites for hydroxylation is 2. The van der Waals surface area contributed by atoms with Crippen LogP contribution in [0.25, 0.3) is 0 Å². The first kappa shape index (κ1) is 26.1. The van der Waals surface area contributed by atoms with Crippen molar-refractivity contribution in [1.82, 2.24) is 15.3 Å². The molecule has 0 saturated carbocycles. The maximum absolute atomic E-state index is 12.4. The van der Waals surface area contributed by atoms with Crippen LogP contribution in [-0.4, -0.2) is 53.8 Å². The molecule has 0 saturated heterocycles. The van der Waals surface area contributed by atoms with E-state index < -0.39 is 5.97 Å². The molecular formula is C25H30N4O5S. The summed E-state index contributed by atoms with van der Waals surface area (Å²) in [6.07, 6.45) is 2.58. The highest BCUT2D eigenvalue weighted by atomic mass is 32.1. The SMILES string of the molecule is COCCNc1nc(CCOc2ccc(CCC(=O)O)c(CNC(=O)c3ccccn3)c2)c(C)s1. The molecule has 0 bridgehead atoms. The molecule has 2 heterocycles. The maximum atomic E-state index is 12.4. The number of amides is 1. The molecule has 9 nitrogen and oxygen atoms in total. The van der Waals surface area contributed by atoms with Gasteiger partial charge in [-0.2, -0.15) is 0 Å². The minimum atomic E-state index is -0.872. The van der Waals surface area contributed by atoms with Crippen molar-refractivity contribution < 1.29 is 24.2 Å². The summed E-state index contributed by atoms with van der Waals surface area (Å²) in [5.41, 5.74) is 2.96. The second-order valence-corrected chi connectivity index (χ2v) is 8.97. The van der Waals surface area contributed by atoms with E-state index in [-0.39, 0.29) is 18.9 Å². The third-order valence-corrected chi connectivity index (χ3v) is 6.18. The highest BCUT2D eigenvalue weighted by Gasteiger charge is 2.12. The summed E-state index contributed by atoms with van der Waals surface area (Å²) in [6.45, 7) is 4.03. The number of carboxylic acid groups (broad SMARTS) is 1. The third-order valence-electron chi connectivity index (χ3n) is 5.21. The first-order valence-electron chi connectivity index (χ1n) is 11.3. The van der Waals surface area contributed by atoms with Crippen LogP contribution in [0.5, 0.6) is 5.75 Å². The van der Waals surface area contributed by atoms with Gasteiger partial charge in [-0.25, -0.2) is 4.98 Å². The number of rotatable bonds is 14. The smallest absolute Gasteiger partial charge is 0.303 e. The lowest BCUT2D eigenvalue weighted by Crippen LogP contribution is -2.24. The summed E-state index contributed by atoms with van der Waals surface area (Å²) in [6, 6.07) is 10.7. The van der Waals surface area contributed by atoms with Crippen molar-refractivity contribution >= 4 is 28.3 Å². The number of pyridine rings is 1. The Bertz CT molecular complexity index is 1120. The van der Waals surface area contributed by atoms with E-state index in [1.54, 1.807) is 42.8 Å². The summed E-state index contributed by atoms with van der Waals surface area (Å²) < 4.78 is 11.0. The van der Waals surface area contributed by atoms with E-state index in [0.29, 0.717) is 44.0 Å². The van der Waals surface area contributed by atoms with E-state index in [2.05, 4.69) is 20.6 Å². The second-order valence-electron chi connectivity index (χ2n) is 7.76. The van der Waals surface area contributed by atoms with E-state index in [1.807, 2.05) is 25.1 Å². The number of aromatic nitrogens is 2. The molecular weight excluding hydrogens is 468 g/mol. The summed E-state index contributed by atoms with van der Waals surface area (Å²) in [4.78, 5) is 33.3. The van der Waals surface area contributed by atoms with Gasteiger partial charge in [0.05, 0.1) is 18.9 Å². The quantitative estimate of drug-likeness (QED) is 0.289. The van der Waals surface area contributed by atoms with Gasteiger partial charge in [0, 0.05) is 44.1 Å². The van der Waals surface area contributed by atoms with Crippen molar-refractivity contribution in [2.45, 2.75) is 32.7 Å². The van der Waals surface area contributed by atoms with Gasteiger partial charge in [0.15, 0.2) is 5.13 Å². The predicted octanol–water partition coefficient (Wildman–Crippen LogP) is 3.47. The van der Waals surface area contributed by atoms with Gasteiger partial charge < -0.3 is 25.2 Å². The molecule has 0 fully saturated rings. The Morgan fingerprint density at radius 2 is 1.97 bits per heavy atom. The number of carbonyl (C=O) groups is 2. The number of hydrogen-bond acceptors (Lipinski definition) is 8. The molecule has 0 aliphatic heterocycles. The van der Waals surface area contributed by atoms with Crippen LogP contribution in [0.4, 0.5) is 5.13 Å². The fraction of sp³-hybridized carbons (Fsp3) is 0.360. The van der Waals surface area contributed by atoms with Crippen molar-refractivity contribution in [1.29, 1.82) is 0 Å². The normalized spacial score (nSPS) is 10.7. The number of hydrogen-bond donors (Lipinski definition) is 3. The summed E-state index contributed by atoms with van der Waals surface area (Å²) in [7, 11) is 1.66. The molecule has 186 valence electrons. The van der Waals surface area contributed by atoms with Crippen molar-refractivity contribution in [2.24, 2.45) is 0 Å². The second kappa shape index (κ2) is 13.4. The van der Waals surface area contributed by atoms with Crippen LogP contribution in [0.15, 0.2) is 42.6 Å². The van der Waals surface area contributed by atoms with Crippen LogP contribution >= 0.6 is 11.3 Å². The summed E-state index contributed by atoms with van der Waals surface area (Å²) in [5, 5.41) is 16.0. The van der Waals surface area contributed by atoms with Gasteiger partial charge in [-0.3, -0.25) is 14.6 Å². The fourth-order valence-electron chi connectivity index (χ4n) is 3.37. The van der Waals surface area contributed by atoms with Gasteiger partial charge in [0.2, 0.25) is 0 Å². The maximum Gasteiger partial charge on any atom is 0.303 e. The monoisotopic (exact) mass is 498 g/mol. The van der Waals surface area contributed by atoms with E-state index >= 15 is 0 Å². The number of anilines is 1. The number of methoxy groups -OCH3 is 1. The largest absolute Gasteiger partial charge is 0.493 e. The zero-order chi connectivity index (χ0) is 25.0. The Balaban J connectivity index is 1.62. The molecule has 1 amide bonds. The van der Waals surface area contributed by atoms with Crippen LogP contribution in [0.2, 0.25) is 0 Å². The highest BCUT2D eigenvalue weighted by Crippen LogP contribution is 2.23. The molecule has 0 unspecified atom stereocenters. The van der Waals surface area contributed by atoms with Gasteiger partial charge in [-0.15, -0.1) is 11.3 Å². The number of carbonyl (C=O) groups excluding carboxylic acids is 1. The number of aliphatic carboxylic acids is 1. The molecule has 3 aromatic rings. The molecule has 3 N–H and O–H groups in total. The van der Waals surface area contributed by atoms with Crippen molar-refractivity contribution in [2.75, 3.05) is 32.2 Å². The molecule has 35 heavy (non-hydrogen) atoms. The molecule has 0 atom stereocenters. The van der Waals surface area contributed by atoms with Crippen molar-refractivity contribution in [3.63, 3.8) is 0 Å². The Labute approximate surface area is 208 Å². The van der Waals surface area contributed by atoms with Crippen LogP contribution in [0, 0.1) is 6.92 Å². The van der Waals surface area contributed by atoms with E-state index in [1.165, 1.54) is 0 Å². The molecule has 0 radical (unpaired) electrons. The highest BCUT2D eigenvalue weighted by molar-refractivity contribution is 7.15. The number of benzene rings is 1. The Kier molecular flexibility index (Phi) is 10.00. The zero-order valence-electron chi connectivity index (χ0n) is 19.9. The van der Waals surface area contributed by atoms with Crippen LogP contribution < -0.4 is 15.4 Å². The lowest BCUT2D eigenvalue weighted by molar-refractivity contribution is -0.136. The molecule has 0 aliphatic carbocycles. The lowest BCUT2D eigenvalue weighted by Gasteiger charge is -2.13. The van der Waals surface area contributed by atoms with Crippen LogP contribution in [0.1, 0.15) is 38.6 Å². The van der Waals surface area contributed by atoms with E-state index in [4.69, 9.17) is 14.6 Å². The standard InChI is InChI=1S/C25H30N4O5S/c1-17-21(29-25(35-17)27-12-14-33-2)10-13-34-20-8-6-18(7-9-23(30)31)19(15-20)16-28-24(32)22-5-3-4-11-26-22/h3-6,8,11,15H,7,9-10,12-14,16H2,1-2H3,(H,27,29)(H,28,32)(H,30,31). The number of ether oxygens (including phenoxy) is 2. The van der Waals surface area contributed by atoms with Crippen LogP contribution in [0.3, 0.4) is 0 Å². The Hall–Kier alpha value is -3.50. The molecule has 3 rings (SSSR count). The topological polar surface area (TPSA) is 123 Å². The predicted molar refractivity (Wildman–Crippen MR) is 134 cm³/mol. The molecule has 2 aromatic heterocycles. The minimum absolute atomic E-state index is 0.00520. The average molecular weight is 499 g/mol. The number of nitrogens with one attached hydrogen (secondary N) is 2. The van der Waals surface area contributed by atoms with Gasteiger partial charge in [0.1, 0.15) is 11.4 Å². The third kappa shape index (κ3) is 8.34. The summed E-state index contributed by atoms with van der Waals surface area (Å²) in [5.74, 6) is -0.518. The molecule has 0 aliphatic rings. The lowest BCUT2D eigenvalue weighted by atomic mass is 10.0. The molecule has 0 spiro atoms. The first-order chi connectivity index (χ1) is 17.0. The van der Waals surface area contributed by atoms with E-state index in [9.17, 15) is 9.59 Å². The van der Waals surface area contributed by atoms with Crippen LogP contribution in [-0.2, 0) is 28.9 Å². The van der Waals surface area contributed by atoms with Gasteiger partial charge >= 0.3 is 5.97 Å². The number of thiazole rings is 1. The van der Waals surface area contributed by atoms with E-state index in [0.717, 1.165) is 26.8 Å². The average Bonchev–Trinajstić information content (AvgIpc) is 3.21. The van der Waals surface area contributed by atoms with Gasteiger partial charge in [-0.1, -0.05) is 12.1 Å². The Morgan fingerprint density at radius 1 is 1.11 bits per heavy atom. The summed E-state index contributed by atoms with van der Waals surface area (Å²) >= 11 is 1.60. The van der Waals surface area contributed by atoms with Crippen molar-refractivity contribution in [3.8, 4) is 5.75 Å². The zero-order valence-corrected chi connectivity index (χ0v) is 20.7. The first-order valence-corrected chi connectivity index (χ1v) is 12.1. The van der Waals surface area contributed by atoms with Gasteiger partial charge in [-0.05, 0) is 48.7 Å². The molecule has 10 heteroatoms. The van der Waals surface area contributed by atoms with Gasteiger partial charge in [0.25, 0.3) is 5.91 Å².